The highest BCUT2D eigenvalue weighted by atomic mass is 35.5. The molecule has 4 rings (SSSR count). The molecule has 1 fully saturated rings. The summed E-state index contributed by atoms with van der Waals surface area (Å²) >= 11 is 6.56. The standard InChI is InChI=1S/C30H40ClN3O6/c1-16-12-17(2)32-27(35)22(16)14-34(7)28(36)21-13-23(31)26-25(18(21)3)39-24(15-38-26)19-8-10-20(11-9-19)33-29(37)40-30(4,5)6/h12-13,19-20,24H,8-11,14-15H2,1-7H3,(H,32,35)(H,33,37)/t19-,20+,24-/m1/s1. The van der Waals surface area contributed by atoms with Crippen molar-refractivity contribution in [3.8, 4) is 11.5 Å². The summed E-state index contributed by atoms with van der Waals surface area (Å²) in [5, 5.41) is 3.28. The summed E-state index contributed by atoms with van der Waals surface area (Å²) in [6, 6.07) is 3.56. The number of nitrogens with zero attached hydrogens (tertiary/aromatic N) is 1. The Morgan fingerprint density at radius 3 is 2.42 bits per heavy atom. The molecule has 0 radical (unpaired) electrons. The highest BCUT2D eigenvalue weighted by molar-refractivity contribution is 6.32. The first-order valence-corrected chi connectivity index (χ1v) is 14.2. The van der Waals surface area contributed by atoms with Crippen LogP contribution in [0.4, 0.5) is 4.79 Å². The molecule has 0 bridgehead atoms. The smallest absolute Gasteiger partial charge is 0.407 e. The lowest BCUT2D eigenvalue weighted by atomic mass is 9.82. The Morgan fingerprint density at radius 1 is 1.12 bits per heavy atom. The number of hydrogen-bond donors (Lipinski definition) is 2. The molecule has 9 nitrogen and oxygen atoms in total. The van der Waals surface area contributed by atoms with Gasteiger partial charge in [0, 0.05) is 35.5 Å². The molecule has 1 saturated carbocycles. The molecule has 218 valence electrons. The quantitative estimate of drug-likeness (QED) is 0.492. The number of aromatic nitrogens is 1. The molecule has 40 heavy (non-hydrogen) atoms. The van der Waals surface area contributed by atoms with E-state index in [0.717, 1.165) is 36.9 Å². The lowest BCUT2D eigenvalue weighted by Crippen LogP contribution is -2.44. The second-order valence-electron chi connectivity index (χ2n) is 12.0. The molecule has 2 heterocycles. The highest BCUT2D eigenvalue weighted by Crippen LogP contribution is 2.45. The SMILES string of the molecule is Cc1cc(C)c(CN(C)C(=O)c2cc(Cl)c3c(c2C)O[C@@H]([C@H]2CC[C@@H](NC(=O)OC(C)(C)C)CC2)CO3)c(=O)[nH]1. The van der Waals surface area contributed by atoms with Crippen molar-refractivity contribution in [3.63, 3.8) is 0 Å². The van der Waals surface area contributed by atoms with Crippen molar-refractivity contribution in [2.24, 2.45) is 5.92 Å². The van der Waals surface area contributed by atoms with Crippen molar-refractivity contribution in [1.82, 2.24) is 15.2 Å². The first kappa shape index (κ1) is 29.8. The molecule has 2 amide bonds. The van der Waals surface area contributed by atoms with E-state index in [1.54, 1.807) is 13.1 Å². The topological polar surface area (TPSA) is 110 Å². The number of H-pyrrole nitrogens is 1. The van der Waals surface area contributed by atoms with Crippen LogP contribution in [0.1, 0.15) is 79.2 Å². The van der Waals surface area contributed by atoms with Crippen molar-refractivity contribution in [2.45, 2.75) is 91.5 Å². The first-order chi connectivity index (χ1) is 18.7. The van der Waals surface area contributed by atoms with Crippen LogP contribution in [0.2, 0.25) is 5.02 Å². The van der Waals surface area contributed by atoms with Gasteiger partial charge in [-0.1, -0.05) is 11.6 Å². The van der Waals surface area contributed by atoms with Crippen molar-refractivity contribution in [3.05, 3.63) is 55.5 Å². The molecule has 0 saturated heterocycles. The van der Waals surface area contributed by atoms with Gasteiger partial charge in [0.05, 0.1) is 11.6 Å². The fraction of sp³-hybridized carbons (Fsp3) is 0.567. The number of ether oxygens (including phenoxy) is 3. The van der Waals surface area contributed by atoms with E-state index in [0.29, 0.717) is 39.8 Å². The largest absolute Gasteiger partial charge is 0.484 e. The zero-order chi connectivity index (χ0) is 29.4. The Kier molecular flexibility index (Phi) is 8.73. The number of fused-ring (bicyclic) bond motifs is 1. The number of benzene rings is 1. The second kappa shape index (κ2) is 11.7. The summed E-state index contributed by atoms with van der Waals surface area (Å²) in [6.07, 6.45) is 2.78. The van der Waals surface area contributed by atoms with Gasteiger partial charge in [-0.15, -0.1) is 0 Å². The number of carbonyl (C=O) groups excluding carboxylic acids is 2. The first-order valence-electron chi connectivity index (χ1n) is 13.8. The van der Waals surface area contributed by atoms with E-state index < -0.39 is 11.7 Å². The monoisotopic (exact) mass is 573 g/mol. The molecule has 2 aromatic rings. The molecule has 0 spiro atoms. The van der Waals surface area contributed by atoms with Crippen LogP contribution in [0.15, 0.2) is 16.9 Å². The molecule has 2 N–H and O–H groups in total. The van der Waals surface area contributed by atoms with E-state index in [4.69, 9.17) is 25.8 Å². The minimum absolute atomic E-state index is 0.0586. The number of amides is 2. The van der Waals surface area contributed by atoms with Crippen molar-refractivity contribution in [2.75, 3.05) is 13.7 Å². The summed E-state index contributed by atoms with van der Waals surface area (Å²) in [4.78, 5) is 42.5. The van der Waals surface area contributed by atoms with E-state index in [-0.39, 0.29) is 36.1 Å². The Balaban J connectivity index is 1.44. The fourth-order valence-electron chi connectivity index (χ4n) is 5.49. The van der Waals surface area contributed by atoms with E-state index in [1.807, 2.05) is 47.6 Å². The zero-order valence-corrected chi connectivity index (χ0v) is 25.2. The summed E-state index contributed by atoms with van der Waals surface area (Å²) < 4.78 is 17.9. The van der Waals surface area contributed by atoms with Gasteiger partial charge in [0.2, 0.25) is 0 Å². The molecular weight excluding hydrogens is 534 g/mol. The maximum absolute atomic E-state index is 13.5. The van der Waals surface area contributed by atoms with Gasteiger partial charge in [-0.2, -0.15) is 0 Å². The average molecular weight is 574 g/mol. The minimum Gasteiger partial charge on any atom is -0.484 e. The van der Waals surface area contributed by atoms with Crippen molar-refractivity contribution < 1.29 is 23.8 Å². The lowest BCUT2D eigenvalue weighted by Gasteiger charge is -2.37. The molecule has 1 aliphatic carbocycles. The van der Waals surface area contributed by atoms with Crippen molar-refractivity contribution >= 4 is 23.6 Å². The third-order valence-electron chi connectivity index (χ3n) is 7.58. The fourth-order valence-corrected chi connectivity index (χ4v) is 5.73. The summed E-state index contributed by atoms with van der Waals surface area (Å²) in [6.45, 7) is 11.6. The highest BCUT2D eigenvalue weighted by Gasteiger charge is 2.36. The van der Waals surface area contributed by atoms with E-state index in [2.05, 4.69) is 10.3 Å². The molecular formula is C30H40ClN3O6. The molecule has 10 heteroatoms. The Morgan fingerprint density at radius 2 is 1.80 bits per heavy atom. The summed E-state index contributed by atoms with van der Waals surface area (Å²) in [7, 11) is 1.66. The third kappa shape index (κ3) is 6.74. The number of aryl methyl sites for hydroxylation is 2. The number of rotatable bonds is 5. The van der Waals surface area contributed by atoms with Crippen molar-refractivity contribution in [1.29, 1.82) is 0 Å². The van der Waals surface area contributed by atoms with Gasteiger partial charge in [0.1, 0.15) is 18.3 Å². The number of alkyl carbamates (subject to hydrolysis) is 1. The second-order valence-corrected chi connectivity index (χ2v) is 12.4. The molecule has 0 unspecified atom stereocenters. The van der Waals surface area contributed by atoms with E-state index >= 15 is 0 Å². The van der Waals surface area contributed by atoms with Crippen LogP contribution in [0.3, 0.4) is 0 Å². The van der Waals surface area contributed by atoms with Gasteiger partial charge in [0.25, 0.3) is 11.5 Å². The molecule has 1 aromatic carbocycles. The predicted octanol–water partition coefficient (Wildman–Crippen LogP) is 5.45. The van der Waals surface area contributed by atoms with Gasteiger partial charge >= 0.3 is 6.09 Å². The van der Waals surface area contributed by atoms with Crippen LogP contribution in [-0.2, 0) is 11.3 Å². The minimum atomic E-state index is -0.534. The zero-order valence-electron chi connectivity index (χ0n) is 24.4. The maximum Gasteiger partial charge on any atom is 0.407 e. The number of nitrogens with one attached hydrogen (secondary N) is 2. The van der Waals surface area contributed by atoms with E-state index in [9.17, 15) is 14.4 Å². The summed E-state index contributed by atoms with van der Waals surface area (Å²) in [5.41, 5.74) is 2.46. The van der Waals surface area contributed by atoms with Gasteiger partial charge < -0.3 is 29.4 Å². The third-order valence-corrected chi connectivity index (χ3v) is 7.87. The van der Waals surface area contributed by atoms with Crippen LogP contribution >= 0.6 is 11.6 Å². The van der Waals surface area contributed by atoms with Gasteiger partial charge in [0.15, 0.2) is 11.5 Å². The van der Waals surface area contributed by atoms with Gasteiger partial charge in [-0.25, -0.2) is 4.79 Å². The Bertz CT molecular complexity index is 1340. The Labute approximate surface area is 240 Å². The summed E-state index contributed by atoms with van der Waals surface area (Å²) in [5.74, 6) is 0.905. The maximum atomic E-state index is 13.5. The number of aromatic amines is 1. The van der Waals surface area contributed by atoms with Crippen LogP contribution in [0.25, 0.3) is 0 Å². The predicted molar refractivity (Wildman–Crippen MR) is 154 cm³/mol. The molecule has 1 aromatic heterocycles. The van der Waals surface area contributed by atoms with Crippen LogP contribution in [0, 0.1) is 26.7 Å². The number of halogens is 1. The molecule has 1 atom stereocenters. The normalized spacial score (nSPS) is 20.6. The van der Waals surface area contributed by atoms with Crippen LogP contribution < -0.4 is 20.3 Å². The molecule has 2 aliphatic rings. The number of hydrogen-bond acceptors (Lipinski definition) is 6. The Hall–Kier alpha value is -3.20. The van der Waals surface area contributed by atoms with Gasteiger partial charge in [-0.05, 0) is 90.8 Å². The average Bonchev–Trinajstić information content (AvgIpc) is 2.86. The van der Waals surface area contributed by atoms with E-state index in [1.165, 1.54) is 4.90 Å². The number of carbonyl (C=O) groups is 2. The van der Waals surface area contributed by atoms with Gasteiger partial charge in [-0.3, -0.25) is 9.59 Å². The van der Waals surface area contributed by atoms with Crippen LogP contribution in [0.5, 0.6) is 11.5 Å². The lowest BCUT2D eigenvalue weighted by molar-refractivity contribution is 0.0261. The van der Waals surface area contributed by atoms with Crippen LogP contribution in [-0.4, -0.2) is 53.3 Å². The molecule has 1 aliphatic heterocycles. The number of pyridine rings is 1.